The van der Waals surface area contributed by atoms with Gasteiger partial charge in [-0.25, -0.2) is 4.39 Å². The van der Waals surface area contributed by atoms with Crippen LogP contribution in [0.3, 0.4) is 0 Å². The molecule has 2 rings (SSSR count). The first-order chi connectivity index (χ1) is 7.15. The number of hydrogen-bond acceptors (Lipinski definition) is 2. The highest BCUT2D eigenvalue weighted by molar-refractivity contribution is 7.86. The monoisotopic (exact) mass is 227 g/mol. The molecule has 0 saturated carbocycles. The molecule has 1 aliphatic rings. The zero-order valence-electron chi connectivity index (χ0n) is 8.79. The van der Waals surface area contributed by atoms with Gasteiger partial charge in [-0.3, -0.25) is 4.21 Å². The van der Waals surface area contributed by atoms with Gasteiger partial charge in [0.1, 0.15) is 5.82 Å². The predicted molar refractivity (Wildman–Crippen MR) is 58.7 cm³/mol. The summed E-state index contributed by atoms with van der Waals surface area (Å²) in [6, 6.07) is 4.64. The van der Waals surface area contributed by atoms with E-state index in [1.54, 1.807) is 6.07 Å². The van der Waals surface area contributed by atoms with Crippen molar-refractivity contribution in [2.75, 3.05) is 6.54 Å². The van der Waals surface area contributed by atoms with Gasteiger partial charge in [0.25, 0.3) is 0 Å². The average Bonchev–Trinajstić information content (AvgIpc) is 2.44. The second-order valence-corrected chi connectivity index (χ2v) is 5.50. The molecule has 0 saturated heterocycles. The number of halogens is 1. The largest absolute Gasteiger partial charge is 0.309 e. The topological polar surface area (TPSA) is 29.1 Å². The lowest BCUT2D eigenvalue weighted by Crippen LogP contribution is -2.27. The average molecular weight is 227 g/mol. The van der Waals surface area contributed by atoms with E-state index in [4.69, 9.17) is 0 Å². The van der Waals surface area contributed by atoms with Crippen molar-refractivity contribution in [1.29, 1.82) is 0 Å². The van der Waals surface area contributed by atoms with Crippen molar-refractivity contribution in [2.24, 2.45) is 0 Å². The van der Waals surface area contributed by atoms with E-state index in [0.29, 0.717) is 4.90 Å². The molecule has 0 radical (unpaired) electrons. The van der Waals surface area contributed by atoms with Crippen LogP contribution in [0.5, 0.6) is 0 Å². The summed E-state index contributed by atoms with van der Waals surface area (Å²) in [6.45, 7) is 4.77. The lowest BCUT2D eigenvalue weighted by Gasteiger charge is -2.15. The van der Waals surface area contributed by atoms with Crippen LogP contribution in [-0.2, 0) is 10.8 Å². The van der Waals surface area contributed by atoms with Crippen LogP contribution >= 0.6 is 0 Å². The maximum Gasteiger partial charge on any atom is 0.124 e. The predicted octanol–water partition coefficient (Wildman–Crippen LogP) is 1.99. The van der Waals surface area contributed by atoms with E-state index < -0.39 is 10.8 Å². The zero-order valence-corrected chi connectivity index (χ0v) is 9.60. The van der Waals surface area contributed by atoms with Crippen molar-refractivity contribution in [3.05, 3.63) is 29.6 Å². The van der Waals surface area contributed by atoms with E-state index in [-0.39, 0.29) is 17.1 Å². The maximum atomic E-state index is 13.0. The third-order valence-electron chi connectivity index (χ3n) is 2.76. The van der Waals surface area contributed by atoms with Crippen molar-refractivity contribution in [3.63, 3.8) is 0 Å². The van der Waals surface area contributed by atoms with Gasteiger partial charge in [-0.05, 0) is 31.2 Å². The summed E-state index contributed by atoms with van der Waals surface area (Å²) in [5.41, 5.74) is 0.976. The van der Waals surface area contributed by atoms with Gasteiger partial charge in [0.15, 0.2) is 0 Å². The lowest BCUT2D eigenvalue weighted by atomic mass is 10.0. The van der Waals surface area contributed by atoms with Gasteiger partial charge in [-0.1, -0.05) is 13.0 Å². The Morgan fingerprint density at radius 1 is 1.53 bits per heavy atom. The summed E-state index contributed by atoms with van der Waals surface area (Å²) < 4.78 is 25.0. The van der Waals surface area contributed by atoms with Crippen LogP contribution in [0, 0.1) is 5.82 Å². The van der Waals surface area contributed by atoms with Crippen molar-refractivity contribution in [2.45, 2.75) is 30.0 Å². The quantitative estimate of drug-likeness (QED) is 0.837. The van der Waals surface area contributed by atoms with Crippen molar-refractivity contribution >= 4 is 10.8 Å². The molecule has 1 N–H and O–H groups in total. The van der Waals surface area contributed by atoms with Crippen LogP contribution in [0.1, 0.15) is 25.5 Å². The van der Waals surface area contributed by atoms with Crippen LogP contribution in [0.4, 0.5) is 4.39 Å². The SMILES string of the molecule is CCNC1c2ccc(F)cc2S(=O)C1C. The van der Waals surface area contributed by atoms with E-state index in [0.717, 1.165) is 12.1 Å². The second-order valence-electron chi connectivity index (χ2n) is 3.72. The van der Waals surface area contributed by atoms with Gasteiger partial charge in [-0.2, -0.15) is 0 Å². The van der Waals surface area contributed by atoms with Crippen LogP contribution in [0.25, 0.3) is 0 Å². The van der Waals surface area contributed by atoms with E-state index in [1.165, 1.54) is 12.1 Å². The Balaban J connectivity index is 2.46. The second kappa shape index (κ2) is 4.02. The molecule has 0 spiro atoms. The minimum atomic E-state index is -1.09. The molecule has 1 aromatic rings. The molecule has 3 atom stereocenters. The first kappa shape index (κ1) is 10.8. The van der Waals surface area contributed by atoms with E-state index in [1.807, 2.05) is 13.8 Å². The van der Waals surface area contributed by atoms with Crippen molar-refractivity contribution < 1.29 is 8.60 Å². The van der Waals surface area contributed by atoms with Gasteiger partial charge in [0, 0.05) is 10.9 Å². The molecule has 4 heteroatoms. The Hall–Kier alpha value is -0.740. The Labute approximate surface area is 91.3 Å². The number of benzene rings is 1. The molecule has 0 aliphatic carbocycles. The van der Waals surface area contributed by atoms with Gasteiger partial charge < -0.3 is 5.32 Å². The van der Waals surface area contributed by atoms with Gasteiger partial charge in [0.05, 0.1) is 16.0 Å². The zero-order chi connectivity index (χ0) is 11.0. The Bertz CT molecular complexity index is 408. The third-order valence-corrected chi connectivity index (χ3v) is 4.49. The molecular weight excluding hydrogens is 213 g/mol. The molecule has 3 unspecified atom stereocenters. The van der Waals surface area contributed by atoms with Crippen LogP contribution in [-0.4, -0.2) is 16.0 Å². The van der Waals surface area contributed by atoms with Crippen LogP contribution in [0.2, 0.25) is 0 Å². The van der Waals surface area contributed by atoms with Gasteiger partial charge in [-0.15, -0.1) is 0 Å². The molecule has 1 aliphatic heterocycles. The van der Waals surface area contributed by atoms with Gasteiger partial charge >= 0.3 is 0 Å². The Morgan fingerprint density at radius 2 is 2.27 bits per heavy atom. The molecule has 0 amide bonds. The fourth-order valence-electron chi connectivity index (χ4n) is 2.01. The normalized spacial score (nSPS) is 29.1. The summed E-state index contributed by atoms with van der Waals surface area (Å²) in [5, 5.41) is 3.30. The van der Waals surface area contributed by atoms with Gasteiger partial charge in [0.2, 0.25) is 0 Å². The first-order valence-electron chi connectivity index (χ1n) is 5.08. The molecule has 0 aromatic heterocycles. The molecular formula is C11H14FNOS. The van der Waals surface area contributed by atoms with E-state index in [9.17, 15) is 8.60 Å². The fourth-order valence-corrected chi connectivity index (χ4v) is 3.56. The summed E-state index contributed by atoms with van der Waals surface area (Å²) in [7, 11) is -1.09. The first-order valence-corrected chi connectivity index (χ1v) is 6.30. The Morgan fingerprint density at radius 3 is 2.93 bits per heavy atom. The number of rotatable bonds is 2. The highest BCUT2D eigenvalue weighted by Crippen LogP contribution is 2.36. The van der Waals surface area contributed by atoms with E-state index >= 15 is 0 Å². The highest BCUT2D eigenvalue weighted by atomic mass is 32.2. The summed E-state index contributed by atoms with van der Waals surface area (Å²) in [6.07, 6.45) is 0. The fraction of sp³-hybridized carbons (Fsp3) is 0.455. The minimum absolute atomic E-state index is 0.0155. The van der Waals surface area contributed by atoms with Crippen LogP contribution < -0.4 is 5.32 Å². The smallest absolute Gasteiger partial charge is 0.124 e. The standard InChI is InChI=1S/C11H14FNOS/c1-3-13-11-7(2)15(14)10-6-8(12)4-5-9(10)11/h4-7,11,13H,3H2,1-2H3. The van der Waals surface area contributed by atoms with Crippen molar-refractivity contribution in [1.82, 2.24) is 5.32 Å². The Kier molecular flexibility index (Phi) is 2.89. The molecule has 2 nitrogen and oxygen atoms in total. The summed E-state index contributed by atoms with van der Waals surface area (Å²) >= 11 is 0. The summed E-state index contributed by atoms with van der Waals surface area (Å²) in [4.78, 5) is 0.647. The molecule has 0 bridgehead atoms. The number of fused-ring (bicyclic) bond motifs is 1. The number of nitrogens with one attached hydrogen (secondary N) is 1. The summed E-state index contributed by atoms with van der Waals surface area (Å²) in [5.74, 6) is -0.313. The third kappa shape index (κ3) is 1.72. The van der Waals surface area contributed by atoms with Crippen molar-refractivity contribution in [3.8, 4) is 0 Å². The highest BCUT2D eigenvalue weighted by Gasteiger charge is 2.35. The molecule has 82 valence electrons. The molecule has 15 heavy (non-hydrogen) atoms. The number of hydrogen-bond donors (Lipinski definition) is 1. The van der Waals surface area contributed by atoms with E-state index in [2.05, 4.69) is 5.32 Å². The van der Waals surface area contributed by atoms with Crippen LogP contribution in [0.15, 0.2) is 23.1 Å². The molecule has 0 fully saturated rings. The molecule has 1 aromatic carbocycles. The maximum absolute atomic E-state index is 13.0. The molecule has 1 heterocycles. The lowest BCUT2D eigenvalue weighted by molar-refractivity contribution is 0.544. The minimum Gasteiger partial charge on any atom is -0.309 e.